The molecule has 2 aromatic heterocycles. The number of benzene rings is 1. The summed E-state index contributed by atoms with van der Waals surface area (Å²) < 4.78 is 5.77. The normalized spacial score (nSPS) is 14.6. The second-order valence-corrected chi connectivity index (χ2v) is 7.76. The van der Waals surface area contributed by atoms with Crippen LogP contribution in [0, 0.1) is 6.92 Å². The standard InChI is InChI=1S/C22H27N5O2/c1-15(2)21-24-16(3)12-20(25-21)26-8-10-27(11-9-26)22(28)23-14-18-13-17-6-4-5-7-19(17)29-18/h4-7,12-13,15H,8-11,14H2,1-3H3,(H,23,28). The second kappa shape index (κ2) is 8.11. The van der Waals surface area contributed by atoms with Crippen molar-refractivity contribution in [2.45, 2.75) is 33.2 Å². The number of hydrogen-bond acceptors (Lipinski definition) is 5. The number of fused-ring (bicyclic) bond motifs is 1. The molecule has 0 aliphatic carbocycles. The molecule has 1 N–H and O–H groups in total. The van der Waals surface area contributed by atoms with Crippen molar-refractivity contribution in [3.05, 3.63) is 53.7 Å². The van der Waals surface area contributed by atoms with Crippen LogP contribution in [0.5, 0.6) is 0 Å². The van der Waals surface area contributed by atoms with Gasteiger partial charge in [-0.05, 0) is 19.1 Å². The number of nitrogens with zero attached hydrogens (tertiary/aromatic N) is 4. The first kappa shape index (κ1) is 19.2. The average molecular weight is 393 g/mol. The van der Waals surface area contributed by atoms with Crippen LogP contribution in [-0.4, -0.2) is 47.1 Å². The lowest BCUT2D eigenvalue weighted by Gasteiger charge is -2.35. The van der Waals surface area contributed by atoms with E-state index >= 15 is 0 Å². The molecule has 0 saturated carbocycles. The third kappa shape index (κ3) is 4.34. The molecule has 29 heavy (non-hydrogen) atoms. The number of hydrogen-bond donors (Lipinski definition) is 1. The Morgan fingerprint density at radius 3 is 2.62 bits per heavy atom. The number of para-hydroxylation sites is 1. The molecule has 1 aromatic carbocycles. The van der Waals surface area contributed by atoms with Gasteiger partial charge in [0.2, 0.25) is 0 Å². The van der Waals surface area contributed by atoms with Gasteiger partial charge in [-0.25, -0.2) is 14.8 Å². The van der Waals surface area contributed by atoms with Gasteiger partial charge in [0.15, 0.2) is 0 Å². The van der Waals surface area contributed by atoms with Crippen molar-refractivity contribution in [3.63, 3.8) is 0 Å². The van der Waals surface area contributed by atoms with Crippen molar-refractivity contribution in [2.75, 3.05) is 31.1 Å². The summed E-state index contributed by atoms with van der Waals surface area (Å²) in [5, 5.41) is 4.01. The maximum atomic E-state index is 12.6. The topological polar surface area (TPSA) is 74.5 Å². The van der Waals surface area contributed by atoms with Crippen molar-refractivity contribution < 1.29 is 9.21 Å². The number of furan rings is 1. The molecular formula is C22H27N5O2. The lowest BCUT2D eigenvalue weighted by atomic mass is 10.2. The van der Waals surface area contributed by atoms with E-state index in [1.165, 1.54) is 0 Å². The monoisotopic (exact) mass is 393 g/mol. The molecule has 2 amide bonds. The van der Waals surface area contributed by atoms with Crippen LogP contribution in [0.25, 0.3) is 11.0 Å². The Morgan fingerprint density at radius 1 is 1.14 bits per heavy atom. The summed E-state index contributed by atoms with van der Waals surface area (Å²) in [6.45, 7) is 9.41. The third-order valence-electron chi connectivity index (χ3n) is 5.16. The van der Waals surface area contributed by atoms with Crippen LogP contribution in [0.3, 0.4) is 0 Å². The van der Waals surface area contributed by atoms with E-state index in [1.54, 1.807) is 0 Å². The van der Waals surface area contributed by atoms with Gasteiger partial charge < -0.3 is 19.5 Å². The van der Waals surface area contributed by atoms with Gasteiger partial charge in [0.1, 0.15) is 23.0 Å². The Labute approximate surface area is 170 Å². The van der Waals surface area contributed by atoms with Crippen LogP contribution >= 0.6 is 0 Å². The quantitative estimate of drug-likeness (QED) is 0.732. The molecule has 0 radical (unpaired) electrons. The minimum Gasteiger partial charge on any atom is -0.459 e. The van der Waals surface area contributed by atoms with E-state index in [1.807, 2.05) is 48.2 Å². The molecule has 7 heteroatoms. The van der Waals surface area contributed by atoms with E-state index in [0.717, 1.165) is 47.2 Å². The van der Waals surface area contributed by atoms with Gasteiger partial charge in [-0.2, -0.15) is 0 Å². The summed E-state index contributed by atoms with van der Waals surface area (Å²) >= 11 is 0. The predicted octanol–water partition coefficient (Wildman–Crippen LogP) is 3.69. The lowest BCUT2D eigenvalue weighted by Crippen LogP contribution is -2.52. The first-order valence-electron chi connectivity index (χ1n) is 10.1. The van der Waals surface area contributed by atoms with Crippen LogP contribution in [-0.2, 0) is 6.54 Å². The van der Waals surface area contributed by atoms with Gasteiger partial charge in [0.05, 0.1) is 6.54 Å². The fraction of sp³-hybridized carbons (Fsp3) is 0.409. The molecular weight excluding hydrogens is 366 g/mol. The number of nitrogens with one attached hydrogen (secondary N) is 1. The zero-order valence-electron chi connectivity index (χ0n) is 17.2. The minimum atomic E-state index is -0.0631. The minimum absolute atomic E-state index is 0.0631. The number of aryl methyl sites for hydroxylation is 1. The van der Waals surface area contributed by atoms with Gasteiger partial charge in [0, 0.05) is 49.2 Å². The van der Waals surface area contributed by atoms with E-state index in [0.29, 0.717) is 25.6 Å². The number of carbonyl (C=O) groups is 1. The molecule has 3 aromatic rings. The first-order valence-corrected chi connectivity index (χ1v) is 10.1. The molecule has 1 aliphatic heterocycles. The molecule has 1 fully saturated rings. The molecule has 1 aliphatic rings. The molecule has 4 rings (SSSR count). The van der Waals surface area contributed by atoms with Crippen molar-refractivity contribution in [2.24, 2.45) is 0 Å². The molecule has 3 heterocycles. The van der Waals surface area contributed by atoms with Crippen molar-refractivity contribution in [1.29, 1.82) is 0 Å². The Balaban J connectivity index is 1.32. The van der Waals surface area contributed by atoms with E-state index in [9.17, 15) is 4.79 Å². The average Bonchev–Trinajstić information content (AvgIpc) is 3.14. The SMILES string of the molecule is Cc1cc(N2CCN(C(=O)NCc3cc4ccccc4o3)CC2)nc(C(C)C)n1. The number of amides is 2. The van der Waals surface area contributed by atoms with Crippen LogP contribution in [0.4, 0.5) is 10.6 Å². The number of rotatable bonds is 4. The zero-order valence-corrected chi connectivity index (χ0v) is 17.2. The smallest absolute Gasteiger partial charge is 0.317 e. The summed E-state index contributed by atoms with van der Waals surface area (Å²) in [5.41, 5.74) is 1.82. The fourth-order valence-corrected chi connectivity index (χ4v) is 3.53. The van der Waals surface area contributed by atoms with Crippen LogP contribution < -0.4 is 10.2 Å². The predicted molar refractivity (Wildman–Crippen MR) is 113 cm³/mol. The maximum absolute atomic E-state index is 12.6. The summed E-state index contributed by atoms with van der Waals surface area (Å²) in [6.07, 6.45) is 0. The van der Waals surface area contributed by atoms with Crippen molar-refractivity contribution in [1.82, 2.24) is 20.2 Å². The number of urea groups is 1. The fourth-order valence-electron chi connectivity index (χ4n) is 3.53. The maximum Gasteiger partial charge on any atom is 0.317 e. The summed E-state index contributed by atoms with van der Waals surface area (Å²) in [5.74, 6) is 2.87. The summed E-state index contributed by atoms with van der Waals surface area (Å²) in [6, 6.07) is 11.8. The molecule has 7 nitrogen and oxygen atoms in total. The van der Waals surface area contributed by atoms with Crippen LogP contribution in [0.1, 0.15) is 37.0 Å². The molecule has 0 unspecified atom stereocenters. The Kier molecular flexibility index (Phi) is 5.38. The van der Waals surface area contributed by atoms with Gasteiger partial charge in [-0.15, -0.1) is 0 Å². The molecule has 152 valence electrons. The molecule has 1 saturated heterocycles. The van der Waals surface area contributed by atoms with Crippen molar-refractivity contribution >= 4 is 22.8 Å². The molecule has 0 atom stereocenters. The molecule has 0 spiro atoms. The van der Waals surface area contributed by atoms with Crippen molar-refractivity contribution in [3.8, 4) is 0 Å². The number of anilines is 1. The van der Waals surface area contributed by atoms with E-state index in [2.05, 4.69) is 29.0 Å². The van der Waals surface area contributed by atoms with Crippen LogP contribution in [0.15, 0.2) is 40.8 Å². The van der Waals surface area contributed by atoms with Gasteiger partial charge in [0.25, 0.3) is 0 Å². The Hall–Kier alpha value is -3.09. The summed E-state index contributed by atoms with van der Waals surface area (Å²) in [7, 11) is 0. The highest BCUT2D eigenvalue weighted by Gasteiger charge is 2.23. The highest BCUT2D eigenvalue weighted by molar-refractivity contribution is 5.78. The lowest BCUT2D eigenvalue weighted by molar-refractivity contribution is 0.193. The third-order valence-corrected chi connectivity index (χ3v) is 5.16. The Morgan fingerprint density at radius 2 is 1.90 bits per heavy atom. The van der Waals surface area contributed by atoms with E-state index < -0.39 is 0 Å². The van der Waals surface area contributed by atoms with Gasteiger partial charge in [-0.3, -0.25) is 0 Å². The molecule has 0 bridgehead atoms. The Bertz CT molecular complexity index is 972. The van der Waals surface area contributed by atoms with E-state index in [4.69, 9.17) is 9.40 Å². The summed E-state index contributed by atoms with van der Waals surface area (Å²) in [4.78, 5) is 25.9. The first-order chi connectivity index (χ1) is 14.0. The number of carbonyl (C=O) groups excluding carboxylic acids is 1. The van der Waals surface area contributed by atoms with Gasteiger partial charge >= 0.3 is 6.03 Å². The highest BCUT2D eigenvalue weighted by atomic mass is 16.3. The second-order valence-electron chi connectivity index (χ2n) is 7.76. The highest BCUT2D eigenvalue weighted by Crippen LogP contribution is 2.20. The number of aromatic nitrogens is 2. The van der Waals surface area contributed by atoms with Crippen LogP contribution in [0.2, 0.25) is 0 Å². The largest absolute Gasteiger partial charge is 0.459 e. The zero-order chi connectivity index (χ0) is 20.4. The van der Waals surface area contributed by atoms with Gasteiger partial charge in [-0.1, -0.05) is 32.0 Å². The number of piperazine rings is 1. The van der Waals surface area contributed by atoms with E-state index in [-0.39, 0.29) is 6.03 Å².